The molecule has 0 saturated carbocycles. The second-order valence-corrected chi connectivity index (χ2v) is 9.14. The quantitative estimate of drug-likeness (QED) is 0.571. The predicted molar refractivity (Wildman–Crippen MR) is 129 cm³/mol. The van der Waals surface area contributed by atoms with Crippen LogP contribution in [0.1, 0.15) is 30.1 Å². The number of pyridine rings is 1. The van der Waals surface area contributed by atoms with Gasteiger partial charge in [-0.15, -0.1) is 0 Å². The molecule has 4 atom stereocenters. The van der Waals surface area contributed by atoms with Crippen LogP contribution in [0.2, 0.25) is 0 Å². The van der Waals surface area contributed by atoms with Gasteiger partial charge in [0.25, 0.3) is 0 Å². The summed E-state index contributed by atoms with van der Waals surface area (Å²) in [5.74, 6) is 2.69. The Bertz CT molecular complexity index is 1080. The van der Waals surface area contributed by atoms with E-state index in [0.717, 1.165) is 48.1 Å². The van der Waals surface area contributed by atoms with E-state index in [1.54, 1.807) is 14.2 Å². The van der Waals surface area contributed by atoms with Crippen LogP contribution >= 0.6 is 0 Å². The number of methoxy groups -OCH3 is 2. The average Bonchev–Trinajstić information content (AvgIpc) is 3.26. The van der Waals surface area contributed by atoms with Gasteiger partial charge in [-0.05, 0) is 61.7 Å². The molecule has 3 saturated heterocycles. The maximum atomic E-state index is 5.49. The number of hydrogen-bond acceptors (Lipinski definition) is 6. The molecule has 2 aromatic heterocycles. The highest BCUT2D eigenvalue weighted by atomic mass is 16.5. The van der Waals surface area contributed by atoms with Crippen LogP contribution in [0.3, 0.4) is 0 Å². The Balaban J connectivity index is 1.26. The van der Waals surface area contributed by atoms with Gasteiger partial charge in [0, 0.05) is 56.1 Å². The third-order valence-corrected chi connectivity index (χ3v) is 7.27. The molecule has 3 aliphatic rings. The lowest BCUT2D eigenvalue weighted by Gasteiger charge is -2.50. The smallest absolute Gasteiger partial charge is 0.161 e. The summed E-state index contributed by atoms with van der Waals surface area (Å²) in [6.45, 7) is 4.14. The van der Waals surface area contributed by atoms with Gasteiger partial charge in [-0.25, -0.2) is 0 Å². The number of nitrogens with one attached hydrogen (secondary N) is 1. The molecule has 3 fully saturated rings. The van der Waals surface area contributed by atoms with Crippen molar-refractivity contribution in [3.63, 3.8) is 0 Å². The van der Waals surface area contributed by atoms with Crippen LogP contribution in [0.4, 0.5) is 0 Å². The molecule has 1 aromatic carbocycles. The van der Waals surface area contributed by atoms with Gasteiger partial charge in [0.1, 0.15) is 0 Å². The molecule has 6 rings (SSSR count). The van der Waals surface area contributed by atoms with Crippen LogP contribution < -0.4 is 14.8 Å². The first-order chi connectivity index (χ1) is 16.2. The van der Waals surface area contributed by atoms with Gasteiger partial charge in [0.2, 0.25) is 0 Å². The monoisotopic (exact) mass is 447 g/mol. The number of hydrogen-bond donors (Lipinski definition) is 1. The van der Waals surface area contributed by atoms with Crippen LogP contribution in [0.5, 0.6) is 11.5 Å². The number of aromatic nitrogens is 3. The zero-order chi connectivity index (χ0) is 22.8. The number of fused-ring (bicyclic) bond motifs is 3. The Hall–Kier alpha value is -2.90. The van der Waals surface area contributed by atoms with E-state index in [1.165, 1.54) is 25.1 Å². The van der Waals surface area contributed by atoms with Crippen molar-refractivity contribution >= 4 is 0 Å². The van der Waals surface area contributed by atoms with Gasteiger partial charge >= 0.3 is 0 Å². The number of piperidine rings is 3. The first-order valence-electron chi connectivity index (χ1n) is 11.8. The van der Waals surface area contributed by atoms with Gasteiger partial charge in [0.15, 0.2) is 11.5 Å². The molecule has 1 N–H and O–H groups in total. The molecule has 0 aliphatic carbocycles. The molecule has 7 heteroatoms. The summed E-state index contributed by atoms with van der Waals surface area (Å²) < 4.78 is 12.9. The second-order valence-electron chi connectivity index (χ2n) is 9.14. The highest BCUT2D eigenvalue weighted by Crippen LogP contribution is 2.42. The maximum absolute atomic E-state index is 5.49. The van der Waals surface area contributed by atoms with Crippen molar-refractivity contribution in [3.8, 4) is 22.8 Å². The number of ether oxygens (including phenoxy) is 2. The van der Waals surface area contributed by atoms with E-state index < -0.39 is 0 Å². The largest absolute Gasteiger partial charge is 0.493 e. The van der Waals surface area contributed by atoms with E-state index in [-0.39, 0.29) is 0 Å². The Morgan fingerprint density at radius 2 is 1.97 bits per heavy atom. The third kappa shape index (κ3) is 4.48. The Morgan fingerprint density at radius 3 is 2.70 bits per heavy atom. The van der Waals surface area contributed by atoms with E-state index in [1.807, 2.05) is 36.5 Å². The molecule has 0 amide bonds. The molecule has 33 heavy (non-hydrogen) atoms. The van der Waals surface area contributed by atoms with Crippen molar-refractivity contribution in [1.29, 1.82) is 0 Å². The van der Waals surface area contributed by atoms with Gasteiger partial charge in [-0.3, -0.25) is 14.6 Å². The van der Waals surface area contributed by atoms with Gasteiger partial charge in [0.05, 0.1) is 25.6 Å². The zero-order valence-corrected chi connectivity index (χ0v) is 19.7. The predicted octanol–water partition coefficient (Wildman–Crippen LogP) is 3.47. The molecular formula is C26H33N5O2. The van der Waals surface area contributed by atoms with E-state index in [0.29, 0.717) is 17.9 Å². The summed E-state index contributed by atoms with van der Waals surface area (Å²) in [6.07, 6.45) is 4.35. The minimum Gasteiger partial charge on any atom is -0.493 e. The molecule has 1 unspecified atom stereocenters. The van der Waals surface area contributed by atoms with Gasteiger partial charge in [-0.2, -0.15) is 5.10 Å². The highest BCUT2D eigenvalue weighted by molar-refractivity contribution is 5.64. The van der Waals surface area contributed by atoms with E-state index in [4.69, 9.17) is 14.6 Å². The van der Waals surface area contributed by atoms with Crippen LogP contribution in [0.15, 0.2) is 48.7 Å². The number of rotatable bonds is 8. The molecule has 0 spiro atoms. The summed E-state index contributed by atoms with van der Waals surface area (Å²) in [4.78, 5) is 7.08. The van der Waals surface area contributed by atoms with Crippen LogP contribution in [0.25, 0.3) is 11.3 Å². The van der Waals surface area contributed by atoms with Gasteiger partial charge in [-0.1, -0.05) is 6.07 Å². The van der Waals surface area contributed by atoms with Crippen LogP contribution in [-0.2, 0) is 13.6 Å². The van der Waals surface area contributed by atoms with Crippen molar-refractivity contribution in [2.24, 2.45) is 13.0 Å². The van der Waals surface area contributed by atoms with E-state index in [2.05, 4.69) is 39.1 Å². The fourth-order valence-electron chi connectivity index (χ4n) is 5.52. The van der Waals surface area contributed by atoms with Crippen molar-refractivity contribution in [3.05, 3.63) is 60.0 Å². The fraction of sp³-hybridized carbons (Fsp3) is 0.462. The van der Waals surface area contributed by atoms with Gasteiger partial charge < -0.3 is 14.8 Å². The summed E-state index contributed by atoms with van der Waals surface area (Å²) in [5.41, 5.74) is 4.46. The maximum Gasteiger partial charge on any atom is 0.161 e. The lowest BCUT2D eigenvalue weighted by atomic mass is 9.74. The lowest BCUT2D eigenvalue weighted by Crippen LogP contribution is -2.55. The average molecular weight is 448 g/mol. The Kier molecular flexibility index (Phi) is 6.33. The minimum atomic E-state index is 0.525. The van der Waals surface area contributed by atoms with Crippen molar-refractivity contribution in [2.75, 3.05) is 33.9 Å². The molecule has 174 valence electrons. The first-order valence-corrected chi connectivity index (χ1v) is 11.8. The third-order valence-electron chi connectivity index (χ3n) is 7.27. The van der Waals surface area contributed by atoms with Crippen molar-refractivity contribution in [2.45, 2.75) is 31.3 Å². The number of aryl methyl sites for hydroxylation is 1. The molecular weight excluding hydrogens is 414 g/mol. The Labute approximate surface area is 195 Å². The summed E-state index contributed by atoms with van der Waals surface area (Å²) in [5, 5.41) is 8.48. The van der Waals surface area contributed by atoms with E-state index in [9.17, 15) is 0 Å². The molecule has 3 aliphatic heterocycles. The van der Waals surface area contributed by atoms with Crippen LogP contribution in [-0.4, -0.2) is 59.6 Å². The van der Waals surface area contributed by atoms with Crippen molar-refractivity contribution < 1.29 is 9.47 Å². The zero-order valence-electron chi connectivity index (χ0n) is 19.7. The molecule has 5 heterocycles. The highest BCUT2D eigenvalue weighted by Gasteiger charge is 2.41. The SMILES string of the molecule is COc1ccc(-c2cc([C@@H]3CN4CC[C@H]3C[C@@H]4CNCc3ccccn3)n(C)n2)cc1OC. The molecule has 2 bridgehead atoms. The standard InChI is InChI=1S/C26H33N5O2/c1-30-24(14-23(29-30)19-7-8-25(32-2)26(13-19)33-3)22-17-31-11-9-18(22)12-21(31)16-27-15-20-6-4-5-10-28-20/h4-8,10,13-14,18,21-22,27H,9,11-12,15-17H2,1-3H3/t18-,21+,22+/m0/s1. The molecule has 7 nitrogen and oxygen atoms in total. The Morgan fingerprint density at radius 1 is 1.09 bits per heavy atom. The second kappa shape index (κ2) is 9.53. The van der Waals surface area contributed by atoms with Crippen molar-refractivity contribution in [1.82, 2.24) is 25.0 Å². The first kappa shape index (κ1) is 21.9. The van der Waals surface area contributed by atoms with Crippen LogP contribution in [0, 0.1) is 5.92 Å². The summed E-state index contributed by atoms with van der Waals surface area (Å²) >= 11 is 0. The topological polar surface area (TPSA) is 64.4 Å². The summed E-state index contributed by atoms with van der Waals surface area (Å²) in [7, 11) is 5.40. The fourth-order valence-corrected chi connectivity index (χ4v) is 5.52. The molecule has 0 radical (unpaired) electrons. The normalized spacial score (nSPS) is 24.1. The molecule has 3 aromatic rings. The summed E-state index contributed by atoms with van der Waals surface area (Å²) in [6, 6.07) is 14.9. The van der Waals surface area contributed by atoms with E-state index >= 15 is 0 Å². The number of nitrogens with zero attached hydrogens (tertiary/aromatic N) is 4. The number of benzene rings is 1. The minimum absolute atomic E-state index is 0.525. The lowest BCUT2D eigenvalue weighted by molar-refractivity contribution is 0.0281.